The summed E-state index contributed by atoms with van der Waals surface area (Å²) >= 11 is 0. The lowest BCUT2D eigenvalue weighted by atomic mass is 9.85. The maximum absolute atomic E-state index is 9.66. The van der Waals surface area contributed by atoms with Gasteiger partial charge in [0, 0.05) is 16.7 Å². The summed E-state index contributed by atoms with van der Waals surface area (Å²) in [6, 6.07) is 36.3. The molecule has 5 aromatic carbocycles. The highest BCUT2D eigenvalue weighted by Crippen LogP contribution is 2.45. The van der Waals surface area contributed by atoms with Gasteiger partial charge in [0.1, 0.15) is 5.84 Å². The summed E-state index contributed by atoms with van der Waals surface area (Å²) in [6.07, 6.45) is 18.6. The molecule has 0 amide bonds. The Kier molecular flexibility index (Phi) is 8.51. The van der Waals surface area contributed by atoms with Crippen molar-refractivity contribution in [1.82, 2.24) is 0 Å². The first-order valence-corrected chi connectivity index (χ1v) is 17.7. The lowest BCUT2D eigenvalue weighted by Crippen LogP contribution is -2.42. The number of anilines is 1. The maximum atomic E-state index is 9.66. The fourth-order valence-corrected chi connectivity index (χ4v) is 7.78. The van der Waals surface area contributed by atoms with Crippen LogP contribution in [0.1, 0.15) is 36.1 Å². The molecule has 0 N–H and O–H groups in total. The zero-order valence-electron chi connectivity index (χ0n) is 29.7. The SMILES string of the molecule is C=C(C#N)/C=C\C(=C/C)c1c2ccccc2c(-c2ccc(/C(C)=C/C=C3\C(=C)c4ccc(C#N)cc4N4C3=NC3C=CC=CC34)cc2)c2ccccc12. The summed E-state index contributed by atoms with van der Waals surface area (Å²) in [7, 11) is 0. The van der Waals surface area contributed by atoms with Crippen LogP contribution < -0.4 is 4.90 Å². The van der Waals surface area contributed by atoms with E-state index in [0.29, 0.717) is 11.1 Å². The third kappa shape index (κ3) is 5.68. The van der Waals surface area contributed by atoms with Crippen molar-refractivity contribution in [1.29, 1.82) is 10.5 Å². The van der Waals surface area contributed by atoms with Gasteiger partial charge < -0.3 is 4.90 Å². The molecule has 8 rings (SSSR count). The minimum Gasteiger partial charge on any atom is -0.316 e. The number of amidine groups is 1. The van der Waals surface area contributed by atoms with Crippen molar-refractivity contribution in [2.45, 2.75) is 25.9 Å². The monoisotopic (exact) mass is 680 g/mol. The number of fused-ring (bicyclic) bond motifs is 7. The van der Waals surface area contributed by atoms with E-state index in [2.05, 4.69) is 152 Å². The molecule has 0 spiro atoms. The van der Waals surface area contributed by atoms with Crippen LogP contribution in [0.25, 0.3) is 49.4 Å². The van der Waals surface area contributed by atoms with E-state index in [-0.39, 0.29) is 12.1 Å². The van der Waals surface area contributed by atoms with E-state index in [4.69, 9.17) is 4.99 Å². The Morgan fingerprint density at radius 3 is 2.19 bits per heavy atom. The van der Waals surface area contributed by atoms with Crippen LogP contribution in [-0.4, -0.2) is 17.9 Å². The number of hydrogen-bond acceptors (Lipinski definition) is 4. The van der Waals surface area contributed by atoms with Gasteiger partial charge in [-0.2, -0.15) is 10.5 Å². The summed E-state index contributed by atoms with van der Waals surface area (Å²) in [4.78, 5) is 7.41. The Morgan fingerprint density at radius 1 is 0.849 bits per heavy atom. The molecule has 1 aliphatic carbocycles. The van der Waals surface area contributed by atoms with E-state index in [1.165, 1.54) is 16.3 Å². The largest absolute Gasteiger partial charge is 0.316 e. The molecule has 0 saturated carbocycles. The van der Waals surface area contributed by atoms with Crippen molar-refractivity contribution >= 4 is 49.8 Å². The third-order valence-electron chi connectivity index (χ3n) is 10.4. The number of benzene rings is 5. The van der Waals surface area contributed by atoms with Crippen LogP contribution >= 0.6 is 0 Å². The Hall–Kier alpha value is -7.01. The molecule has 5 aromatic rings. The summed E-state index contributed by atoms with van der Waals surface area (Å²) in [6.45, 7) is 12.5. The molecule has 2 unspecified atom stereocenters. The van der Waals surface area contributed by atoms with Gasteiger partial charge in [-0.25, -0.2) is 0 Å². The maximum Gasteiger partial charge on any atom is 0.137 e. The predicted molar refractivity (Wildman–Crippen MR) is 222 cm³/mol. The van der Waals surface area contributed by atoms with E-state index in [1.54, 1.807) is 6.08 Å². The lowest BCUT2D eigenvalue weighted by molar-refractivity contribution is 0.738. The van der Waals surface area contributed by atoms with E-state index in [9.17, 15) is 10.5 Å². The van der Waals surface area contributed by atoms with Gasteiger partial charge in [0.05, 0.1) is 35.5 Å². The molecule has 3 aliphatic rings. The van der Waals surface area contributed by atoms with Gasteiger partial charge in [-0.3, -0.25) is 4.99 Å². The van der Waals surface area contributed by atoms with Crippen molar-refractivity contribution in [3.8, 4) is 23.3 Å². The highest BCUT2D eigenvalue weighted by Gasteiger charge is 2.41. The molecule has 2 aliphatic heterocycles. The highest BCUT2D eigenvalue weighted by atomic mass is 15.3. The second-order valence-corrected chi connectivity index (χ2v) is 13.5. The van der Waals surface area contributed by atoms with Crippen molar-refractivity contribution in [2.75, 3.05) is 4.90 Å². The zero-order chi connectivity index (χ0) is 36.6. The van der Waals surface area contributed by atoms with Gasteiger partial charge in [-0.05, 0) is 92.6 Å². The Bertz CT molecular complexity index is 2640. The van der Waals surface area contributed by atoms with E-state index in [0.717, 1.165) is 66.8 Å². The minimum atomic E-state index is 0.00588. The first-order chi connectivity index (χ1) is 25.9. The molecule has 53 heavy (non-hydrogen) atoms. The molecule has 4 heteroatoms. The smallest absolute Gasteiger partial charge is 0.137 e. The number of allylic oxidation sites excluding steroid dienone is 10. The van der Waals surface area contributed by atoms with E-state index in [1.807, 2.05) is 31.2 Å². The van der Waals surface area contributed by atoms with Gasteiger partial charge >= 0.3 is 0 Å². The normalized spacial score (nSPS) is 18.6. The van der Waals surface area contributed by atoms with Crippen molar-refractivity contribution in [3.05, 3.63) is 192 Å². The van der Waals surface area contributed by atoms with E-state index < -0.39 is 0 Å². The fraction of sp³-hybridized carbons (Fsp3) is 0.0816. The number of rotatable bonds is 6. The molecule has 4 nitrogen and oxygen atoms in total. The van der Waals surface area contributed by atoms with Crippen LogP contribution in [0.4, 0.5) is 5.69 Å². The van der Waals surface area contributed by atoms with E-state index >= 15 is 0 Å². The average molecular weight is 681 g/mol. The molecule has 0 saturated heterocycles. The summed E-state index contributed by atoms with van der Waals surface area (Å²) < 4.78 is 0. The molecule has 0 radical (unpaired) electrons. The van der Waals surface area contributed by atoms with Gasteiger partial charge in [0.25, 0.3) is 0 Å². The quantitative estimate of drug-likeness (QED) is 0.102. The van der Waals surface area contributed by atoms with Crippen molar-refractivity contribution in [3.63, 3.8) is 0 Å². The summed E-state index contributed by atoms with van der Waals surface area (Å²) in [5.74, 6) is 0.886. The van der Waals surface area contributed by atoms with Crippen molar-refractivity contribution < 1.29 is 0 Å². The van der Waals surface area contributed by atoms with Crippen LogP contribution in [0.3, 0.4) is 0 Å². The molecular weight excluding hydrogens is 645 g/mol. The van der Waals surface area contributed by atoms with Crippen LogP contribution in [0, 0.1) is 22.7 Å². The van der Waals surface area contributed by atoms with Gasteiger partial charge in [0.2, 0.25) is 0 Å². The topological polar surface area (TPSA) is 63.2 Å². The number of aliphatic imine (C=N–C) groups is 1. The van der Waals surface area contributed by atoms with Gasteiger partial charge in [-0.1, -0.05) is 141 Å². The first kappa shape index (κ1) is 33.2. The number of hydrogen-bond donors (Lipinski definition) is 0. The number of nitrogens with zero attached hydrogens (tertiary/aromatic N) is 4. The van der Waals surface area contributed by atoms with Crippen LogP contribution in [0.5, 0.6) is 0 Å². The average Bonchev–Trinajstić information content (AvgIpc) is 3.60. The second kappa shape index (κ2) is 13.6. The molecule has 0 fully saturated rings. The van der Waals surface area contributed by atoms with Crippen LogP contribution in [-0.2, 0) is 0 Å². The zero-order valence-corrected chi connectivity index (χ0v) is 29.7. The molecule has 2 heterocycles. The Morgan fingerprint density at radius 2 is 1.53 bits per heavy atom. The minimum absolute atomic E-state index is 0.00588. The first-order valence-electron chi connectivity index (χ1n) is 17.7. The predicted octanol–water partition coefficient (Wildman–Crippen LogP) is 11.7. The third-order valence-corrected chi connectivity index (χ3v) is 10.4. The second-order valence-electron chi connectivity index (χ2n) is 13.5. The number of nitriles is 2. The van der Waals surface area contributed by atoms with Gasteiger partial charge in [0.15, 0.2) is 0 Å². The van der Waals surface area contributed by atoms with Crippen LogP contribution in [0.15, 0.2) is 175 Å². The Labute approximate surface area is 310 Å². The van der Waals surface area contributed by atoms with Gasteiger partial charge in [-0.15, -0.1) is 0 Å². The molecule has 2 atom stereocenters. The fourth-order valence-electron chi connectivity index (χ4n) is 7.78. The highest BCUT2D eigenvalue weighted by molar-refractivity contribution is 6.25. The molecule has 0 aromatic heterocycles. The van der Waals surface area contributed by atoms with Crippen LogP contribution in [0.2, 0.25) is 0 Å². The lowest BCUT2D eigenvalue weighted by Gasteiger charge is -2.36. The van der Waals surface area contributed by atoms with Crippen molar-refractivity contribution in [2.24, 2.45) is 4.99 Å². The standard InChI is InChI=1S/C49H36N4/c1-5-35(21-18-31(2)29-50)47-40-12-6-8-14-42(40)48(43-15-9-7-13-41(43)47)37-24-22-36(23-25-37)32(3)19-26-39-33(4)38-27-20-34(30-51)28-46(38)53-45-17-11-10-16-44(45)52-49(39)53/h5-28,44-45H,2,4H2,1,3H3/b21-18-,32-19+,35-5+,39-26+. The molecule has 252 valence electrons. The summed E-state index contributed by atoms with van der Waals surface area (Å²) in [5.41, 5.74) is 11.7. The molecule has 0 bridgehead atoms. The summed E-state index contributed by atoms with van der Waals surface area (Å²) in [5, 5.41) is 23.6. The Balaban J connectivity index is 1.18. The molecular formula is C49H36N4.